The number of ether oxygens (including phenoxy) is 1. The molecule has 0 aromatic carbocycles. The van der Waals surface area contributed by atoms with Gasteiger partial charge in [-0.1, -0.05) is 0 Å². The minimum absolute atomic E-state index is 0.0210. The monoisotopic (exact) mass is 341 g/mol. The van der Waals surface area contributed by atoms with Crippen LogP contribution < -0.4 is 0 Å². The number of carbonyl (C=O) groups is 1. The predicted octanol–water partition coefficient (Wildman–Crippen LogP) is 2.41. The molecule has 2 fully saturated rings. The van der Waals surface area contributed by atoms with Crippen molar-refractivity contribution in [2.75, 3.05) is 26.3 Å². The molecule has 7 heteroatoms. The quantitative estimate of drug-likeness (QED) is 0.798. The molecule has 1 aliphatic heterocycles. The van der Waals surface area contributed by atoms with Crippen LogP contribution in [0.15, 0.2) is 6.07 Å². The second kappa shape index (κ2) is 6.78. The van der Waals surface area contributed by atoms with E-state index < -0.39 is 11.8 Å². The molecule has 1 unspecified atom stereocenters. The summed E-state index contributed by atoms with van der Waals surface area (Å²) >= 11 is 0. The average Bonchev–Trinajstić information content (AvgIpc) is 3.26. The van der Waals surface area contributed by atoms with Crippen LogP contribution in [0.25, 0.3) is 0 Å². The molecule has 1 amide bonds. The van der Waals surface area contributed by atoms with Gasteiger partial charge in [-0.3, -0.25) is 9.48 Å². The van der Waals surface area contributed by atoms with Crippen LogP contribution in [0, 0.1) is 25.7 Å². The number of rotatable bonds is 6. The number of halogens is 2. The summed E-state index contributed by atoms with van der Waals surface area (Å²) in [5.41, 5.74) is 1.74. The number of carbonyl (C=O) groups excluding carboxylic acids is 1. The Morgan fingerprint density at radius 2 is 2.12 bits per heavy atom. The Labute approximate surface area is 141 Å². The van der Waals surface area contributed by atoms with E-state index in [4.69, 9.17) is 4.74 Å². The van der Waals surface area contributed by atoms with E-state index in [0.29, 0.717) is 12.5 Å². The number of aryl methyl sites for hydroxylation is 2. The molecule has 3 rings (SSSR count). The number of aromatic nitrogens is 2. The fourth-order valence-electron chi connectivity index (χ4n) is 3.10. The molecule has 0 N–H and O–H groups in total. The summed E-state index contributed by atoms with van der Waals surface area (Å²) in [5.74, 6) is -3.30. The smallest absolute Gasteiger partial charge is 0.256 e. The van der Waals surface area contributed by atoms with Crippen LogP contribution in [0.1, 0.15) is 30.7 Å². The van der Waals surface area contributed by atoms with Crippen molar-refractivity contribution in [3.05, 3.63) is 17.5 Å². The van der Waals surface area contributed by atoms with E-state index in [1.165, 1.54) is 4.90 Å². The summed E-state index contributed by atoms with van der Waals surface area (Å²) in [6.45, 7) is 4.56. The number of likely N-dealkylation sites (tertiary alicyclic amines) is 1. The van der Waals surface area contributed by atoms with Crippen molar-refractivity contribution in [2.45, 2.75) is 45.6 Å². The molecule has 24 heavy (non-hydrogen) atoms. The summed E-state index contributed by atoms with van der Waals surface area (Å²) < 4.78 is 35.3. The SMILES string of the molecule is Cc1cc(C)n(CC(=O)N2CCC(F)(F)C(COCC3CC3)C2)n1. The lowest BCUT2D eigenvalue weighted by Gasteiger charge is -2.38. The van der Waals surface area contributed by atoms with Gasteiger partial charge in [0.2, 0.25) is 5.91 Å². The average molecular weight is 341 g/mol. The van der Waals surface area contributed by atoms with Gasteiger partial charge in [0.1, 0.15) is 6.54 Å². The first-order valence-corrected chi connectivity index (χ1v) is 8.59. The summed E-state index contributed by atoms with van der Waals surface area (Å²) in [5, 5.41) is 4.26. The highest BCUT2D eigenvalue weighted by molar-refractivity contribution is 5.76. The van der Waals surface area contributed by atoms with Gasteiger partial charge in [0.05, 0.1) is 18.2 Å². The maximum Gasteiger partial charge on any atom is 0.256 e. The minimum atomic E-state index is -2.77. The maximum atomic E-state index is 14.1. The predicted molar refractivity (Wildman–Crippen MR) is 84.9 cm³/mol. The van der Waals surface area contributed by atoms with E-state index in [0.717, 1.165) is 24.2 Å². The molecule has 0 spiro atoms. The molecule has 1 aromatic heterocycles. The molecule has 2 heterocycles. The number of hydrogen-bond acceptors (Lipinski definition) is 3. The van der Waals surface area contributed by atoms with Gasteiger partial charge in [0.25, 0.3) is 5.92 Å². The Hall–Kier alpha value is -1.50. The van der Waals surface area contributed by atoms with Crippen LogP contribution in [0.2, 0.25) is 0 Å². The van der Waals surface area contributed by atoms with Crippen LogP contribution in [-0.2, 0) is 16.1 Å². The first kappa shape index (κ1) is 17.3. The standard InChI is InChI=1S/C17H25F2N3O2/c1-12-7-13(2)22(20-12)9-16(23)21-6-5-17(18,19)15(8-21)11-24-10-14-3-4-14/h7,14-15H,3-6,8-11H2,1-2H3. The number of piperidine rings is 1. The van der Waals surface area contributed by atoms with Crippen molar-refractivity contribution in [1.82, 2.24) is 14.7 Å². The molecular formula is C17H25F2N3O2. The largest absolute Gasteiger partial charge is 0.381 e. The fourth-order valence-corrected chi connectivity index (χ4v) is 3.10. The molecule has 0 bridgehead atoms. The highest BCUT2D eigenvalue weighted by Crippen LogP contribution is 2.35. The summed E-state index contributed by atoms with van der Waals surface area (Å²) in [7, 11) is 0. The van der Waals surface area contributed by atoms with E-state index in [9.17, 15) is 13.6 Å². The molecular weight excluding hydrogens is 316 g/mol. The van der Waals surface area contributed by atoms with Crippen LogP contribution in [0.3, 0.4) is 0 Å². The number of nitrogens with zero attached hydrogens (tertiary/aromatic N) is 3. The highest BCUT2D eigenvalue weighted by atomic mass is 19.3. The van der Waals surface area contributed by atoms with E-state index in [2.05, 4.69) is 5.10 Å². The number of alkyl halides is 2. The van der Waals surface area contributed by atoms with E-state index >= 15 is 0 Å². The van der Waals surface area contributed by atoms with Crippen molar-refractivity contribution in [1.29, 1.82) is 0 Å². The van der Waals surface area contributed by atoms with Gasteiger partial charge >= 0.3 is 0 Å². The van der Waals surface area contributed by atoms with Crippen LogP contribution >= 0.6 is 0 Å². The Kier molecular flexibility index (Phi) is 4.90. The second-order valence-electron chi connectivity index (χ2n) is 7.11. The van der Waals surface area contributed by atoms with Crippen molar-refractivity contribution in [3.63, 3.8) is 0 Å². The molecule has 2 aliphatic rings. The topological polar surface area (TPSA) is 47.4 Å². The molecule has 5 nitrogen and oxygen atoms in total. The second-order valence-corrected chi connectivity index (χ2v) is 7.11. The minimum Gasteiger partial charge on any atom is -0.381 e. The first-order valence-electron chi connectivity index (χ1n) is 8.59. The third-order valence-corrected chi connectivity index (χ3v) is 4.86. The molecule has 1 aromatic rings. The van der Waals surface area contributed by atoms with Gasteiger partial charge in [-0.15, -0.1) is 0 Å². The van der Waals surface area contributed by atoms with E-state index in [-0.39, 0.29) is 38.6 Å². The zero-order valence-electron chi connectivity index (χ0n) is 14.3. The maximum absolute atomic E-state index is 14.1. The number of hydrogen-bond donors (Lipinski definition) is 0. The van der Waals surface area contributed by atoms with Crippen molar-refractivity contribution >= 4 is 5.91 Å². The van der Waals surface area contributed by atoms with Gasteiger partial charge < -0.3 is 9.64 Å². The molecule has 1 saturated carbocycles. The van der Waals surface area contributed by atoms with Gasteiger partial charge in [-0.25, -0.2) is 8.78 Å². The lowest BCUT2D eigenvalue weighted by atomic mass is 9.94. The molecule has 1 saturated heterocycles. The molecule has 1 atom stereocenters. The first-order chi connectivity index (χ1) is 11.3. The van der Waals surface area contributed by atoms with Gasteiger partial charge in [0, 0.05) is 31.8 Å². The fraction of sp³-hybridized carbons (Fsp3) is 0.765. The molecule has 134 valence electrons. The van der Waals surface area contributed by atoms with Crippen LogP contribution in [0.5, 0.6) is 0 Å². The van der Waals surface area contributed by atoms with Crippen molar-refractivity contribution < 1.29 is 18.3 Å². The van der Waals surface area contributed by atoms with Crippen molar-refractivity contribution in [3.8, 4) is 0 Å². The summed E-state index contributed by atoms with van der Waals surface area (Å²) in [6, 6.07) is 1.89. The van der Waals surface area contributed by atoms with E-state index in [1.54, 1.807) is 4.68 Å². The highest BCUT2D eigenvalue weighted by Gasteiger charge is 2.45. The lowest BCUT2D eigenvalue weighted by Crippen LogP contribution is -2.51. The Morgan fingerprint density at radius 3 is 2.75 bits per heavy atom. The zero-order chi connectivity index (χ0) is 17.3. The Bertz CT molecular complexity index is 599. The summed E-state index contributed by atoms with van der Waals surface area (Å²) in [4.78, 5) is 14.0. The Morgan fingerprint density at radius 1 is 1.38 bits per heavy atom. The van der Waals surface area contributed by atoms with Crippen molar-refractivity contribution in [2.24, 2.45) is 11.8 Å². The third-order valence-electron chi connectivity index (χ3n) is 4.86. The van der Waals surface area contributed by atoms with Crippen LogP contribution in [0.4, 0.5) is 8.78 Å². The van der Waals surface area contributed by atoms with E-state index in [1.807, 2.05) is 19.9 Å². The zero-order valence-corrected chi connectivity index (χ0v) is 14.3. The van der Waals surface area contributed by atoms with Gasteiger partial charge in [0.15, 0.2) is 0 Å². The van der Waals surface area contributed by atoms with Gasteiger partial charge in [-0.2, -0.15) is 5.10 Å². The van der Waals surface area contributed by atoms with Gasteiger partial charge in [-0.05, 0) is 38.7 Å². The summed E-state index contributed by atoms with van der Waals surface area (Å²) in [6.07, 6.45) is 1.97. The van der Waals surface area contributed by atoms with Crippen LogP contribution in [-0.4, -0.2) is 52.8 Å². The molecule has 0 radical (unpaired) electrons. The number of amides is 1. The normalized spacial score (nSPS) is 23.5. The third kappa shape index (κ3) is 4.12. The lowest BCUT2D eigenvalue weighted by molar-refractivity contribution is -0.152. The Balaban J connectivity index is 1.56. The molecule has 1 aliphatic carbocycles.